The van der Waals surface area contributed by atoms with Crippen molar-refractivity contribution in [2.75, 3.05) is 0 Å². The number of aliphatic hydroxyl groups is 1. The summed E-state index contributed by atoms with van der Waals surface area (Å²) in [5.74, 6) is 2.99. The summed E-state index contributed by atoms with van der Waals surface area (Å²) in [6.45, 7) is 2.34. The molecule has 1 nitrogen and oxygen atoms in total. The topological polar surface area (TPSA) is 20.2 Å². The molecule has 0 aliphatic heterocycles. The molecule has 16 heavy (non-hydrogen) atoms. The molecule has 0 atom stereocenters. The summed E-state index contributed by atoms with van der Waals surface area (Å²) in [4.78, 5) is 0. The van der Waals surface area contributed by atoms with Gasteiger partial charge in [0.25, 0.3) is 0 Å². The molecular formula is C15H28O. The van der Waals surface area contributed by atoms with Crippen molar-refractivity contribution in [3.05, 3.63) is 0 Å². The van der Waals surface area contributed by atoms with Crippen LogP contribution in [0.15, 0.2) is 0 Å². The van der Waals surface area contributed by atoms with Gasteiger partial charge in [0.05, 0.1) is 6.10 Å². The van der Waals surface area contributed by atoms with Crippen LogP contribution in [0, 0.1) is 17.8 Å². The molecule has 0 unspecified atom stereocenters. The van der Waals surface area contributed by atoms with Crippen molar-refractivity contribution in [1.82, 2.24) is 0 Å². The molecule has 2 saturated carbocycles. The first-order valence-corrected chi connectivity index (χ1v) is 7.46. The van der Waals surface area contributed by atoms with Crippen molar-refractivity contribution in [3.63, 3.8) is 0 Å². The Morgan fingerprint density at radius 1 is 0.750 bits per heavy atom. The molecule has 2 rings (SSSR count). The number of rotatable bonds is 3. The second-order valence-corrected chi connectivity index (χ2v) is 6.21. The van der Waals surface area contributed by atoms with Gasteiger partial charge in [-0.05, 0) is 49.9 Å². The van der Waals surface area contributed by atoms with E-state index in [2.05, 4.69) is 6.92 Å². The maximum Gasteiger partial charge on any atom is 0.0540 e. The van der Waals surface area contributed by atoms with Crippen LogP contribution in [0.5, 0.6) is 0 Å². The van der Waals surface area contributed by atoms with E-state index in [1.165, 1.54) is 51.4 Å². The van der Waals surface area contributed by atoms with E-state index in [1.54, 1.807) is 0 Å². The lowest BCUT2D eigenvalue weighted by Gasteiger charge is -2.32. The SMILES string of the molecule is CCC1CCC(CC2CCC(O)CC2)CC1. The Balaban J connectivity index is 1.66. The zero-order valence-electron chi connectivity index (χ0n) is 10.8. The predicted octanol–water partition coefficient (Wildman–Crippen LogP) is 4.14. The van der Waals surface area contributed by atoms with Crippen molar-refractivity contribution in [2.45, 2.75) is 77.2 Å². The molecular weight excluding hydrogens is 196 g/mol. The molecule has 0 saturated heterocycles. The van der Waals surface area contributed by atoms with Gasteiger partial charge < -0.3 is 5.11 Å². The van der Waals surface area contributed by atoms with Crippen molar-refractivity contribution in [3.8, 4) is 0 Å². The van der Waals surface area contributed by atoms with Crippen LogP contribution in [0.2, 0.25) is 0 Å². The standard InChI is InChI=1S/C15H28O/c1-2-12-3-5-13(6-4-12)11-14-7-9-15(16)10-8-14/h12-16H,2-11H2,1H3. The van der Waals surface area contributed by atoms with E-state index in [4.69, 9.17) is 0 Å². The van der Waals surface area contributed by atoms with Crippen LogP contribution in [-0.4, -0.2) is 11.2 Å². The first-order chi connectivity index (χ1) is 7.78. The molecule has 0 radical (unpaired) electrons. The molecule has 0 amide bonds. The van der Waals surface area contributed by atoms with Crippen LogP contribution >= 0.6 is 0 Å². The summed E-state index contributed by atoms with van der Waals surface area (Å²) < 4.78 is 0. The minimum absolute atomic E-state index is 0.0204. The molecule has 1 heteroatoms. The lowest BCUT2D eigenvalue weighted by Crippen LogP contribution is -2.22. The maximum atomic E-state index is 9.50. The second kappa shape index (κ2) is 6.05. The molecule has 94 valence electrons. The molecule has 0 heterocycles. The normalized spacial score (nSPS) is 40.9. The third kappa shape index (κ3) is 3.48. The molecule has 0 bridgehead atoms. The Bertz CT molecular complexity index is 186. The Morgan fingerprint density at radius 3 is 1.69 bits per heavy atom. The maximum absolute atomic E-state index is 9.50. The fourth-order valence-electron chi connectivity index (χ4n) is 3.73. The fraction of sp³-hybridized carbons (Fsp3) is 1.00. The van der Waals surface area contributed by atoms with Gasteiger partial charge in [-0.3, -0.25) is 0 Å². The van der Waals surface area contributed by atoms with E-state index < -0.39 is 0 Å². The third-order valence-corrected chi connectivity index (χ3v) is 5.03. The van der Waals surface area contributed by atoms with Gasteiger partial charge in [-0.2, -0.15) is 0 Å². The summed E-state index contributed by atoms with van der Waals surface area (Å²) >= 11 is 0. The van der Waals surface area contributed by atoms with Crippen LogP contribution in [0.4, 0.5) is 0 Å². The van der Waals surface area contributed by atoms with Crippen LogP contribution in [0.1, 0.15) is 71.1 Å². The van der Waals surface area contributed by atoms with Crippen molar-refractivity contribution < 1.29 is 5.11 Å². The van der Waals surface area contributed by atoms with Gasteiger partial charge in [0.2, 0.25) is 0 Å². The van der Waals surface area contributed by atoms with Gasteiger partial charge in [-0.15, -0.1) is 0 Å². The van der Waals surface area contributed by atoms with Crippen LogP contribution < -0.4 is 0 Å². The fourth-order valence-corrected chi connectivity index (χ4v) is 3.73. The van der Waals surface area contributed by atoms with Crippen LogP contribution in [0.25, 0.3) is 0 Å². The highest BCUT2D eigenvalue weighted by Gasteiger charge is 2.25. The summed E-state index contributed by atoms with van der Waals surface area (Å²) in [5, 5.41) is 9.50. The van der Waals surface area contributed by atoms with E-state index in [1.807, 2.05) is 0 Å². The molecule has 2 aliphatic rings. The van der Waals surface area contributed by atoms with E-state index >= 15 is 0 Å². The predicted molar refractivity (Wildman–Crippen MR) is 68.3 cm³/mol. The Kier molecular flexibility index (Phi) is 4.69. The van der Waals surface area contributed by atoms with Gasteiger partial charge >= 0.3 is 0 Å². The molecule has 0 spiro atoms. The average molecular weight is 224 g/mol. The van der Waals surface area contributed by atoms with Gasteiger partial charge in [-0.25, -0.2) is 0 Å². The lowest BCUT2D eigenvalue weighted by molar-refractivity contribution is 0.0967. The van der Waals surface area contributed by atoms with E-state index in [-0.39, 0.29) is 6.10 Å². The second-order valence-electron chi connectivity index (χ2n) is 6.21. The Morgan fingerprint density at radius 2 is 1.19 bits per heavy atom. The monoisotopic (exact) mass is 224 g/mol. The van der Waals surface area contributed by atoms with Crippen molar-refractivity contribution >= 4 is 0 Å². The number of hydrogen-bond donors (Lipinski definition) is 1. The summed E-state index contributed by atoms with van der Waals surface area (Å²) in [5.41, 5.74) is 0. The number of hydrogen-bond acceptors (Lipinski definition) is 1. The molecule has 1 N–H and O–H groups in total. The minimum Gasteiger partial charge on any atom is -0.393 e. The van der Waals surface area contributed by atoms with Crippen molar-refractivity contribution in [1.29, 1.82) is 0 Å². The first-order valence-electron chi connectivity index (χ1n) is 7.46. The largest absolute Gasteiger partial charge is 0.393 e. The van der Waals surface area contributed by atoms with Gasteiger partial charge in [0, 0.05) is 0 Å². The molecule has 0 aromatic rings. The quantitative estimate of drug-likeness (QED) is 0.763. The summed E-state index contributed by atoms with van der Waals surface area (Å²) in [6.07, 6.45) is 13.5. The summed E-state index contributed by atoms with van der Waals surface area (Å²) in [7, 11) is 0. The third-order valence-electron chi connectivity index (χ3n) is 5.03. The zero-order valence-corrected chi connectivity index (χ0v) is 10.8. The molecule has 2 fully saturated rings. The highest BCUT2D eigenvalue weighted by Crippen LogP contribution is 2.37. The van der Waals surface area contributed by atoms with E-state index in [0.29, 0.717) is 0 Å². The highest BCUT2D eigenvalue weighted by atomic mass is 16.3. The van der Waals surface area contributed by atoms with Gasteiger partial charge in [-0.1, -0.05) is 39.0 Å². The lowest BCUT2D eigenvalue weighted by atomic mass is 9.74. The van der Waals surface area contributed by atoms with Gasteiger partial charge in [0.15, 0.2) is 0 Å². The first kappa shape index (κ1) is 12.4. The highest BCUT2D eigenvalue weighted by molar-refractivity contribution is 4.78. The van der Waals surface area contributed by atoms with E-state index in [0.717, 1.165) is 30.6 Å². The number of aliphatic hydroxyl groups excluding tert-OH is 1. The van der Waals surface area contributed by atoms with E-state index in [9.17, 15) is 5.11 Å². The average Bonchev–Trinajstić information content (AvgIpc) is 2.33. The molecule has 2 aliphatic carbocycles. The smallest absolute Gasteiger partial charge is 0.0540 e. The van der Waals surface area contributed by atoms with Crippen LogP contribution in [-0.2, 0) is 0 Å². The Hall–Kier alpha value is -0.0400. The van der Waals surface area contributed by atoms with Crippen LogP contribution in [0.3, 0.4) is 0 Å². The minimum atomic E-state index is 0.0204. The zero-order chi connectivity index (χ0) is 11.4. The van der Waals surface area contributed by atoms with Crippen molar-refractivity contribution in [2.24, 2.45) is 17.8 Å². The molecule has 0 aromatic heterocycles. The Labute approximate surface area is 101 Å². The van der Waals surface area contributed by atoms with Gasteiger partial charge in [0.1, 0.15) is 0 Å². The molecule has 0 aromatic carbocycles. The summed E-state index contributed by atoms with van der Waals surface area (Å²) in [6, 6.07) is 0.